The second-order valence-corrected chi connectivity index (χ2v) is 7.38. The van der Waals surface area contributed by atoms with Crippen LogP contribution < -0.4 is 0 Å². The summed E-state index contributed by atoms with van der Waals surface area (Å²) in [7, 11) is 0. The van der Waals surface area contributed by atoms with Crippen molar-refractivity contribution in [3.63, 3.8) is 0 Å². The number of fused-ring (bicyclic) bond motifs is 2. The summed E-state index contributed by atoms with van der Waals surface area (Å²) in [5.41, 5.74) is -0.187. The quantitative estimate of drug-likeness (QED) is 0.602. The summed E-state index contributed by atoms with van der Waals surface area (Å²) in [6.45, 7) is 5.35. The molecule has 0 aliphatic heterocycles. The Morgan fingerprint density at radius 3 is 2.72 bits per heavy atom. The van der Waals surface area contributed by atoms with Gasteiger partial charge in [0, 0.05) is 12.0 Å². The van der Waals surface area contributed by atoms with Gasteiger partial charge in [-0.2, -0.15) is 0 Å². The monoisotopic (exact) mass is 248 g/mol. The van der Waals surface area contributed by atoms with Gasteiger partial charge in [-0.3, -0.25) is 0 Å². The lowest BCUT2D eigenvalue weighted by molar-refractivity contribution is -0.166. The Labute approximate surface area is 107 Å². The van der Waals surface area contributed by atoms with Crippen molar-refractivity contribution in [2.24, 2.45) is 17.3 Å². The molecule has 4 saturated carbocycles. The zero-order valence-electron chi connectivity index (χ0n) is 10.9. The molecular formula is C15H20O3. The van der Waals surface area contributed by atoms with Crippen LogP contribution in [-0.2, 0) is 9.53 Å². The van der Waals surface area contributed by atoms with Crippen molar-refractivity contribution in [2.75, 3.05) is 0 Å². The predicted molar refractivity (Wildman–Crippen MR) is 65.7 cm³/mol. The van der Waals surface area contributed by atoms with E-state index in [1.54, 1.807) is 6.92 Å². The van der Waals surface area contributed by atoms with Gasteiger partial charge < -0.3 is 9.84 Å². The lowest BCUT2D eigenvalue weighted by Gasteiger charge is -2.49. The number of ether oxygens (including phenoxy) is 1. The fourth-order valence-corrected chi connectivity index (χ4v) is 5.73. The number of hydrogen-bond donors (Lipinski definition) is 1. The maximum Gasteiger partial charge on any atom is 0.333 e. The minimum absolute atomic E-state index is 0.283. The molecule has 0 saturated heterocycles. The van der Waals surface area contributed by atoms with Crippen molar-refractivity contribution in [3.8, 4) is 0 Å². The topological polar surface area (TPSA) is 46.5 Å². The zero-order chi connectivity index (χ0) is 12.8. The second kappa shape index (κ2) is 2.84. The molecule has 3 bridgehead atoms. The molecule has 98 valence electrons. The van der Waals surface area contributed by atoms with Crippen LogP contribution in [0.15, 0.2) is 12.2 Å². The highest BCUT2D eigenvalue weighted by Gasteiger charge is 2.76. The summed E-state index contributed by atoms with van der Waals surface area (Å²) in [6.07, 6.45) is 5.70. The van der Waals surface area contributed by atoms with Crippen molar-refractivity contribution in [3.05, 3.63) is 12.2 Å². The number of carbonyl (C=O) groups is 1. The standard InChI is InChI=1S/C15H20O3/c1-9(2)12(16)18-14-5-11-3-10-4-13(17,6-14)7-15(10,11)8-14/h10-11,17H,1,3-8H2,2H3. The van der Waals surface area contributed by atoms with Crippen molar-refractivity contribution in [2.45, 2.75) is 56.7 Å². The van der Waals surface area contributed by atoms with Crippen LogP contribution in [0.5, 0.6) is 0 Å². The van der Waals surface area contributed by atoms with Gasteiger partial charge in [0.1, 0.15) is 5.60 Å². The summed E-state index contributed by atoms with van der Waals surface area (Å²) >= 11 is 0. The molecule has 0 amide bonds. The van der Waals surface area contributed by atoms with E-state index in [1.807, 2.05) is 0 Å². The van der Waals surface area contributed by atoms with Gasteiger partial charge in [-0.05, 0) is 56.3 Å². The van der Waals surface area contributed by atoms with Gasteiger partial charge in [0.05, 0.1) is 5.60 Å². The maximum absolute atomic E-state index is 11.8. The number of carbonyl (C=O) groups excluding carboxylic acids is 1. The Kier molecular flexibility index (Phi) is 1.74. The van der Waals surface area contributed by atoms with Crippen molar-refractivity contribution in [1.82, 2.24) is 0 Å². The molecule has 0 radical (unpaired) electrons. The van der Waals surface area contributed by atoms with E-state index >= 15 is 0 Å². The summed E-state index contributed by atoms with van der Waals surface area (Å²) in [5, 5.41) is 10.7. The highest BCUT2D eigenvalue weighted by molar-refractivity contribution is 5.87. The average Bonchev–Trinajstić information content (AvgIpc) is 2.52. The lowest BCUT2D eigenvalue weighted by atomic mass is 9.56. The fourth-order valence-electron chi connectivity index (χ4n) is 5.73. The SMILES string of the molecule is C=C(C)C(=O)OC12CC3CC4CC(O)(C1)CC43C2. The number of hydrogen-bond acceptors (Lipinski definition) is 3. The first-order chi connectivity index (χ1) is 8.37. The van der Waals surface area contributed by atoms with E-state index in [0.29, 0.717) is 29.2 Å². The Hall–Kier alpha value is -0.830. The van der Waals surface area contributed by atoms with E-state index in [0.717, 1.165) is 25.7 Å². The summed E-state index contributed by atoms with van der Waals surface area (Å²) in [5.74, 6) is 1.08. The molecule has 4 rings (SSSR count). The minimum Gasteiger partial charge on any atom is -0.456 e. The van der Waals surface area contributed by atoms with Crippen molar-refractivity contribution in [1.29, 1.82) is 0 Å². The highest BCUT2D eigenvalue weighted by Crippen LogP contribution is 2.78. The smallest absolute Gasteiger partial charge is 0.333 e. The Morgan fingerprint density at radius 2 is 2.00 bits per heavy atom. The van der Waals surface area contributed by atoms with E-state index in [4.69, 9.17) is 4.74 Å². The third-order valence-corrected chi connectivity index (χ3v) is 6.06. The Balaban J connectivity index is 1.68. The van der Waals surface area contributed by atoms with Crippen LogP contribution in [0.25, 0.3) is 0 Å². The second-order valence-electron chi connectivity index (χ2n) is 7.38. The van der Waals surface area contributed by atoms with Crippen LogP contribution >= 0.6 is 0 Å². The zero-order valence-corrected chi connectivity index (χ0v) is 10.9. The number of rotatable bonds is 2. The highest BCUT2D eigenvalue weighted by atomic mass is 16.6. The molecule has 5 unspecified atom stereocenters. The largest absolute Gasteiger partial charge is 0.456 e. The summed E-state index contributed by atoms with van der Waals surface area (Å²) in [4.78, 5) is 11.8. The van der Waals surface area contributed by atoms with E-state index in [2.05, 4.69) is 6.58 Å². The van der Waals surface area contributed by atoms with Gasteiger partial charge in [0.15, 0.2) is 0 Å². The van der Waals surface area contributed by atoms with Crippen LogP contribution in [0.3, 0.4) is 0 Å². The number of aliphatic hydroxyl groups is 1. The predicted octanol–water partition coefficient (Wildman–Crippen LogP) is 2.19. The van der Waals surface area contributed by atoms with Gasteiger partial charge >= 0.3 is 5.97 Å². The molecule has 1 N–H and O–H groups in total. The van der Waals surface area contributed by atoms with E-state index in [-0.39, 0.29) is 11.6 Å². The third-order valence-electron chi connectivity index (χ3n) is 6.06. The molecule has 0 aromatic carbocycles. The van der Waals surface area contributed by atoms with Crippen LogP contribution in [-0.4, -0.2) is 22.3 Å². The molecule has 3 heteroatoms. The first kappa shape index (κ1) is 11.0. The van der Waals surface area contributed by atoms with Crippen LogP contribution in [0.1, 0.15) is 45.4 Å². The third kappa shape index (κ3) is 1.12. The van der Waals surface area contributed by atoms with E-state index in [9.17, 15) is 9.90 Å². The summed E-state index contributed by atoms with van der Waals surface area (Å²) < 4.78 is 5.77. The van der Waals surface area contributed by atoms with Gasteiger partial charge in [0.2, 0.25) is 0 Å². The first-order valence-corrected chi connectivity index (χ1v) is 6.98. The molecule has 0 aromatic heterocycles. The molecule has 4 fully saturated rings. The molecule has 18 heavy (non-hydrogen) atoms. The molecule has 0 aromatic rings. The van der Waals surface area contributed by atoms with Crippen LogP contribution in [0.2, 0.25) is 0 Å². The summed E-state index contributed by atoms with van der Waals surface area (Å²) in [6, 6.07) is 0. The maximum atomic E-state index is 11.8. The Bertz CT molecular complexity index is 466. The van der Waals surface area contributed by atoms with Gasteiger partial charge in [-0.25, -0.2) is 4.79 Å². The van der Waals surface area contributed by atoms with Crippen molar-refractivity contribution >= 4 is 5.97 Å². The van der Waals surface area contributed by atoms with Gasteiger partial charge in [0.25, 0.3) is 0 Å². The van der Waals surface area contributed by atoms with Crippen LogP contribution in [0, 0.1) is 17.3 Å². The molecular weight excluding hydrogens is 228 g/mol. The van der Waals surface area contributed by atoms with E-state index < -0.39 is 5.60 Å². The molecule has 4 aliphatic rings. The Morgan fingerprint density at radius 1 is 1.28 bits per heavy atom. The first-order valence-electron chi connectivity index (χ1n) is 6.98. The van der Waals surface area contributed by atoms with Gasteiger partial charge in [-0.1, -0.05) is 6.58 Å². The number of esters is 1. The molecule has 0 heterocycles. The molecule has 4 aliphatic carbocycles. The molecule has 5 atom stereocenters. The van der Waals surface area contributed by atoms with E-state index in [1.165, 1.54) is 6.42 Å². The normalized spacial score (nSPS) is 55.0. The lowest BCUT2D eigenvalue weighted by Crippen LogP contribution is -2.46. The molecule has 1 spiro atoms. The van der Waals surface area contributed by atoms with Gasteiger partial charge in [-0.15, -0.1) is 0 Å². The molecule has 3 nitrogen and oxygen atoms in total. The van der Waals surface area contributed by atoms with Crippen LogP contribution in [0.4, 0.5) is 0 Å². The minimum atomic E-state index is -0.566. The van der Waals surface area contributed by atoms with Crippen molar-refractivity contribution < 1.29 is 14.6 Å². The fraction of sp³-hybridized carbons (Fsp3) is 0.800. The average molecular weight is 248 g/mol.